The number of benzene rings is 4. The summed E-state index contributed by atoms with van der Waals surface area (Å²) in [6.07, 6.45) is 0.356. The standard InChI is InChI=1S/C27H24O4S/c1-19-17-23(18-20-13-15-24(31-2)16-14-20)27(32(28,29)30)26(22-11-7-4-8-12-22)25(19)21-9-5-3-6-10-21/h3-17H,18H2,1-2H3,(H,28,29,30). The maximum Gasteiger partial charge on any atom is 0.295 e. The molecule has 0 amide bonds. The summed E-state index contributed by atoms with van der Waals surface area (Å²) in [5, 5.41) is 0. The predicted octanol–water partition coefficient (Wildman–Crippen LogP) is 6.18. The van der Waals surface area contributed by atoms with E-state index >= 15 is 0 Å². The molecule has 4 rings (SSSR count). The number of methoxy groups -OCH3 is 1. The Balaban J connectivity index is 2.02. The number of hydrogen-bond acceptors (Lipinski definition) is 3. The molecule has 0 heterocycles. The fraction of sp³-hybridized carbons (Fsp3) is 0.111. The van der Waals surface area contributed by atoms with Gasteiger partial charge in [-0.2, -0.15) is 8.42 Å². The molecular weight excluding hydrogens is 420 g/mol. The Bertz CT molecular complexity index is 1330. The minimum Gasteiger partial charge on any atom is -0.497 e. The van der Waals surface area contributed by atoms with Crippen molar-refractivity contribution in [2.75, 3.05) is 7.11 Å². The zero-order valence-corrected chi connectivity index (χ0v) is 18.8. The van der Waals surface area contributed by atoms with Gasteiger partial charge in [-0.25, -0.2) is 0 Å². The van der Waals surface area contributed by atoms with Gasteiger partial charge < -0.3 is 4.74 Å². The molecule has 0 aliphatic rings. The van der Waals surface area contributed by atoms with Gasteiger partial charge in [0.05, 0.1) is 7.11 Å². The molecule has 4 aromatic rings. The number of aryl methyl sites for hydroxylation is 1. The molecule has 162 valence electrons. The van der Waals surface area contributed by atoms with Crippen molar-refractivity contribution in [2.24, 2.45) is 0 Å². The van der Waals surface area contributed by atoms with E-state index in [1.54, 1.807) is 7.11 Å². The minimum absolute atomic E-state index is 0.0519. The van der Waals surface area contributed by atoms with E-state index in [1.807, 2.05) is 97.9 Å². The van der Waals surface area contributed by atoms with E-state index in [9.17, 15) is 13.0 Å². The van der Waals surface area contributed by atoms with Gasteiger partial charge in [0.25, 0.3) is 10.1 Å². The highest BCUT2D eigenvalue weighted by Crippen LogP contribution is 2.42. The number of rotatable bonds is 6. The topological polar surface area (TPSA) is 63.6 Å². The summed E-state index contributed by atoms with van der Waals surface area (Å²) in [5.74, 6) is 0.726. The van der Waals surface area contributed by atoms with E-state index in [0.717, 1.165) is 33.6 Å². The summed E-state index contributed by atoms with van der Waals surface area (Å²) < 4.78 is 41.1. The zero-order chi connectivity index (χ0) is 22.7. The minimum atomic E-state index is -4.52. The van der Waals surface area contributed by atoms with Crippen molar-refractivity contribution in [1.82, 2.24) is 0 Å². The zero-order valence-electron chi connectivity index (χ0n) is 17.9. The Morgan fingerprint density at radius 3 is 1.81 bits per heavy atom. The van der Waals surface area contributed by atoms with Gasteiger partial charge in [-0.3, -0.25) is 4.55 Å². The van der Waals surface area contributed by atoms with E-state index in [4.69, 9.17) is 4.74 Å². The van der Waals surface area contributed by atoms with E-state index in [0.29, 0.717) is 17.5 Å². The average molecular weight is 445 g/mol. The summed E-state index contributed by atoms with van der Waals surface area (Å²) in [6, 6.07) is 28.3. The van der Waals surface area contributed by atoms with Crippen molar-refractivity contribution >= 4 is 10.1 Å². The van der Waals surface area contributed by atoms with Crippen LogP contribution in [-0.4, -0.2) is 20.1 Å². The molecule has 4 nitrogen and oxygen atoms in total. The molecular formula is C27H24O4S. The Hall–Kier alpha value is -3.41. The van der Waals surface area contributed by atoms with E-state index in [2.05, 4.69) is 0 Å². The molecule has 5 heteroatoms. The van der Waals surface area contributed by atoms with Gasteiger partial charge in [0, 0.05) is 5.56 Å². The van der Waals surface area contributed by atoms with E-state index in [1.165, 1.54) is 0 Å². The van der Waals surface area contributed by atoms with E-state index in [-0.39, 0.29) is 4.90 Å². The second-order valence-corrected chi connectivity index (χ2v) is 9.02. The van der Waals surface area contributed by atoms with Crippen LogP contribution in [0.1, 0.15) is 16.7 Å². The highest BCUT2D eigenvalue weighted by molar-refractivity contribution is 7.86. The second kappa shape index (κ2) is 8.99. The van der Waals surface area contributed by atoms with Crippen LogP contribution in [0.25, 0.3) is 22.3 Å². The largest absolute Gasteiger partial charge is 0.497 e. The molecule has 0 unspecified atom stereocenters. The van der Waals surface area contributed by atoms with Crippen molar-refractivity contribution in [1.29, 1.82) is 0 Å². The Kier molecular flexibility index (Phi) is 6.12. The van der Waals surface area contributed by atoms with Crippen LogP contribution in [0.3, 0.4) is 0 Å². The van der Waals surface area contributed by atoms with Crippen LogP contribution in [0.15, 0.2) is 95.9 Å². The summed E-state index contributed by atoms with van der Waals surface area (Å²) in [7, 11) is -2.92. The fourth-order valence-corrected chi connectivity index (χ4v) is 5.06. The third kappa shape index (κ3) is 4.44. The van der Waals surface area contributed by atoms with Crippen LogP contribution in [0.5, 0.6) is 5.75 Å². The van der Waals surface area contributed by atoms with Crippen LogP contribution in [0, 0.1) is 6.92 Å². The lowest BCUT2D eigenvalue weighted by Crippen LogP contribution is -2.09. The molecule has 0 bridgehead atoms. The molecule has 0 radical (unpaired) electrons. The summed E-state index contributed by atoms with van der Waals surface area (Å²) in [6.45, 7) is 1.97. The lowest BCUT2D eigenvalue weighted by Gasteiger charge is -2.21. The third-order valence-corrected chi connectivity index (χ3v) is 6.47. The maximum absolute atomic E-state index is 12.8. The van der Waals surface area contributed by atoms with Crippen LogP contribution < -0.4 is 4.74 Å². The maximum atomic E-state index is 12.8. The Morgan fingerprint density at radius 1 is 0.781 bits per heavy atom. The Labute approximate surface area is 188 Å². The first kappa shape index (κ1) is 21.8. The number of hydrogen-bond donors (Lipinski definition) is 1. The molecule has 1 N–H and O–H groups in total. The second-order valence-electron chi connectivity index (χ2n) is 7.66. The Morgan fingerprint density at radius 2 is 1.31 bits per heavy atom. The first-order chi connectivity index (χ1) is 15.4. The van der Waals surface area contributed by atoms with Crippen LogP contribution in [0.2, 0.25) is 0 Å². The molecule has 0 fully saturated rings. The SMILES string of the molecule is COc1ccc(Cc2cc(C)c(-c3ccccc3)c(-c3ccccc3)c2S(=O)(=O)O)cc1. The molecule has 0 aliphatic heterocycles. The van der Waals surface area contributed by atoms with Crippen LogP contribution in [-0.2, 0) is 16.5 Å². The van der Waals surface area contributed by atoms with Crippen molar-refractivity contribution < 1.29 is 17.7 Å². The molecule has 0 atom stereocenters. The predicted molar refractivity (Wildman–Crippen MR) is 128 cm³/mol. The molecule has 0 saturated heterocycles. The van der Waals surface area contributed by atoms with Gasteiger partial charge in [0.15, 0.2) is 0 Å². The molecule has 4 aromatic carbocycles. The van der Waals surface area contributed by atoms with Gasteiger partial charge >= 0.3 is 0 Å². The molecule has 0 spiro atoms. The van der Waals surface area contributed by atoms with Crippen molar-refractivity contribution in [3.8, 4) is 28.0 Å². The highest BCUT2D eigenvalue weighted by atomic mass is 32.2. The molecule has 32 heavy (non-hydrogen) atoms. The van der Waals surface area contributed by atoms with Crippen molar-refractivity contribution in [3.05, 3.63) is 108 Å². The van der Waals surface area contributed by atoms with Crippen LogP contribution in [0.4, 0.5) is 0 Å². The lowest BCUT2D eigenvalue weighted by atomic mass is 9.87. The molecule has 0 aliphatic carbocycles. The third-order valence-electron chi connectivity index (χ3n) is 5.49. The van der Waals surface area contributed by atoms with Gasteiger partial charge in [0.2, 0.25) is 0 Å². The smallest absolute Gasteiger partial charge is 0.295 e. The van der Waals surface area contributed by atoms with Crippen molar-refractivity contribution in [3.63, 3.8) is 0 Å². The normalized spacial score (nSPS) is 11.3. The van der Waals surface area contributed by atoms with Crippen molar-refractivity contribution in [2.45, 2.75) is 18.2 Å². The fourth-order valence-electron chi connectivity index (χ4n) is 4.12. The quantitative estimate of drug-likeness (QED) is 0.361. The summed E-state index contributed by atoms with van der Waals surface area (Å²) in [4.78, 5) is -0.0519. The summed E-state index contributed by atoms with van der Waals surface area (Å²) in [5.41, 5.74) is 5.34. The lowest BCUT2D eigenvalue weighted by molar-refractivity contribution is 0.414. The number of ether oxygens (including phenoxy) is 1. The van der Waals surface area contributed by atoms with Gasteiger partial charge in [-0.05, 0) is 58.9 Å². The van der Waals surface area contributed by atoms with Gasteiger partial charge in [-0.15, -0.1) is 0 Å². The van der Waals surface area contributed by atoms with Crippen LogP contribution >= 0.6 is 0 Å². The highest BCUT2D eigenvalue weighted by Gasteiger charge is 2.26. The summed E-state index contributed by atoms with van der Waals surface area (Å²) >= 11 is 0. The van der Waals surface area contributed by atoms with Gasteiger partial charge in [0.1, 0.15) is 10.6 Å². The first-order valence-electron chi connectivity index (χ1n) is 10.3. The molecule has 0 saturated carbocycles. The monoisotopic (exact) mass is 444 g/mol. The van der Waals surface area contributed by atoms with Gasteiger partial charge in [-0.1, -0.05) is 78.9 Å². The molecule has 0 aromatic heterocycles. The average Bonchev–Trinajstić information content (AvgIpc) is 2.79. The van der Waals surface area contributed by atoms with E-state index < -0.39 is 10.1 Å². The first-order valence-corrected chi connectivity index (χ1v) is 11.7.